The first-order valence-corrected chi connectivity index (χ1v) is 17.2. The van der Waals surface area contributed by atoms with E-state index in [1.54, 1.807) is 0 Å². The molecule has 0 aromatic rings. The maximum atomic E-state index is 12.2. The summed E-state index contributed by atoms with van der Waals surface area (Å²) in [4.78, 5) is 24.2. The van der Waals surface area contributed by atoms with Crippen LogP contribution in [0.2, 0.25) is 0 Å². The second-order valence-corrected chi connectivity index (χ2v) is 12.4. The summed E-state index contributed by atoms with van der Waals surface area (Å²) < 4.78 is 4.90. The molecule has 0 amide bonds. The summed E-state index contributed by atoms with van der Waals surface area (Å²) in [6.45, 7) is 4.54. The van der Waals surface area contributed by atoms with Gasteiger partial charge in [-0.15, -0.1) is 12.4 Å². The SMILES string of the molecule is CCCCCCCCCCCCCCCC(=O)OC(=O)C(I)CCCCCCCCCCCCCC.Cl.[KH].[NaH]. The number of carbonyl (C=O) groups is 2. The van der Waals surface area contributed by atoms with E-state index in [0.29, 0.717) is 6.42 Å². The number of rotatable bonds is 28. The second kappa shape index (κ2) is 40.8. The van der Waals surface area contributed by atoms with Crippen molar-refractivity contribution in [1.82, 2.24) is 0 Å². The van der Waals surface area contributed by atoms with Gasteiger partial charge < -0.3 is 4.74 Å². The Morgan fingerprint density at radius 3 is 1.15 bits per heavy atom. The van der Waals surface area contributed by atoms with E-state index >= 15 is 0 Å². The molecule has 7 heteroatoms. The number of carbonyl (C=O) groups excluding carboxylic acids is 2. The predicted octanol–water partition coefficient (Wildman–Crippen LogP) is 10.6. The van der Waals surface area contributed by atoms with Crippen LogP contribution in [-0.4, -0.2) is 96.8 Å². The van der Waals surface area contributed by atoms with Gasteiger partial charge in [-0.2, -0.15) is 0 Å². The molecule has 1 atom stereocenters. The van der Waals surface area contributed by atoms with Crippen molar-refractivity contribution in [1.29, 1.82) is 0 Å². The molecule has 0 spiro atoms. The molecule has 3 nitrogen and oxygen atoms in total. The van der Waals surface area contributed by atoms with Crippen LogP contribution in [-0.2, 0) is 14.3 Å². The van der Waals surface area contributed by atoms with Gasteiger partial charge in [0.2, 0.25) is 0 Å². The number of alkyl halides is 1. The molecule has 0 aromatic heterocycles. The summed E-state index contributed by atoms with van der Waals surface area (Å²) >= 11 is 2.14. The molecular weight excluding hydrogens is 657 g/mol. The Labute approximate surface area is 328 Å². The Balaban J connectivity index is -0.00000204. The topological polar surface area (TPSA) is 43.4 Å². The molecule has 0 N–H and O–H groups in total. The Hall–Kier alpha value is 2.80. The monoisotopic (exact) mass is 720 g/mol. The van der Waals surface area contributed by atoms with Crippen molar-refractivity contribution >= 4 is 128 Å². The van der Waals surface area contributed by atoms with Gasteiger partial charge in [0, 0.05) is 6.42 Å². The summed E-state index contributed by atoms with van der Waals surface area (Å²) in [5, 5.41) is 0. The first-order valence-electron chi connectivity index (χ1n) is 16.0. The average molecular weight is 721 g/mol. The Kier molecular flexibility index (Phi) is 50.9. The van der Waals surface area contributed by atoms with Gasteiger partial charge in [-0.25, -0.2) is 0 Å². The van der Waals surface area contributed by atoms with Crippen LogP contribution >= 0.6 is 35.0 Å². The fourth-order valence-corrected chi connectivity index (χ4v) is 5.36. The number of hydrogen-bond donors (Lipinski definition) is 0. The first kappa shape index (κ1) is 48.7. The molecule has 0 aliphatic heterocycles. The third-order valence-electron chi connectivity index (χ3n) is 7.27. The van der Waals surface area contributed by atoms with E-state index in [2.05, 4.69) is 36.4 Å². The quantitative estimate of drug-likeness (QED) is 0.0202. The standard InChI is InChI=1S/C32H61IO3.ClH.K.Na.2H/c1-3-5-7-9-11-13-15-17-19-21-23-25-27-29-31(34)36-32(35)30(33)28-26-24-22-20-18-16-14-12-10-8-6-4-2;;;;;/h30H,3-29H2,1-2H3;1H;;;;. The van der Waals surface area contributed by atoms with Gasteiger partial charge in [-0.1, -0.05) is 191 Å². The van der Waals surface area contributed by atoms with E-state index in [1.165, 1.54) is 141 Å². The van der Waals surface area contributed by atoms with Crippen molar-refractivity contribution < 1.29 is 14.3 Å². The fraction of sp³-hybridized carbons (Fsp3) is 0.938. The van der Waals surface area contributed by atoms with Crippen molar-refractivity contribution in [3.05, 3.63) is 0 Å². The number of ether oxygens (including phenoxy) is 1. The molecule has 0 aliphatic carbocycles. The molecule has 0 bridgehead atoms. The van der Waals surface area contributed by atoms with E-state index in [0.717, 1.165) is 25.7 Å². The minimum absolute atomic E-state index is 0. The van der Waals surface area contributed by atoms with Crippen molar-refractivity contribution in [2.24, 2.45) is 0 Å². The van der Waals surface area contributed by atoms with Crippen LogP contribution in [0.5, 0.6) is 0 Å². The molecule has 0 saturated carbocycles. The predicted molar refractivity (Wildman–Crippen MR) is 186 cm³/mol. The van der Waals surface area contributed by atoms with E-state index in [-0.39, 0.29) is 109 Å². The van der Waals surface area contributed by atoms with Gasteiger partial charge in [-0.05, 0) is 12.8 Å². The molecule has 0 fully saturated rings. The summed E-state index contributed by atoms with van der Waals surface area (Å²) in [5.74, 6) is -0.669. The van der Waals surface area contributed by atoms with Crippen LogP contribution in [0.15, 0.2) is 0 Å². The van der Waals surface area contributed by atoms with Crippen molar-refractivity contribution in [2.75, 3.05) is 0 Å². The zero-order valence-electron chi connectivity index (χ0n) is 24.7. The Morgan fingerprint density at radius 1 is 0.538 bits per heavy atom. The van der Waals surface area contributed by atoms with Gasteiger partial charge in [0.1, 0.15) is 3.92 Å². The fourth-order valence-electron chi connectivity index (χ4n) is 4.80. The molecule has 0 rings (SSSR count). The summed E-state index contributed by atoms with van der Waals surface area (Å²) in [6, 6.07) is 0. The summed E-state index contributed by atoms with van der Waals surface area (Å²) in [7, 11) is 0. The minimum atomic E-state index is -0.335. The van der Waals surface area contributed by atoms with Crippen molar-refractivity contribution in [2.45, 2.75) is 191 Å². The molecule has 0 radical (unpaired) electrons. The number of hydrogen-bond acceptors (Lipinski definition) is 3. The number of unbranched alkanes of at least 4 members (excludes halogenated alkanes) is 23. The van der Waals surface area contributed by atoms with Gasteiger partial charge >= 0.3 is 92.9 Å². The normalized spacial score (nSPS) is 11.2. The van der Waals surface area contributed by atoms with Gasteiger partial charge in [-0.3, -0.25) is 9.59 Å². The summed E-state index contributed by atoms with van der Waals surface area (Å²) in [5.41, 5.74) is 0. The van der Waals surface area contributed by atoms with Crippen LogP contribution < -0.4 is 0 Å². The summed E-state index contributed by atoms with van der Waals surface area (Å²) in [6.07, 6.45) is 33.7. The zero-order valence-corrected chi connectivity index (χ0v) is 27.7. The van der Waals surface area contributed by atoms with E-state index in [9.17, 15) is 9.59 Å². The van der Waals surface area contributed by atoms with Crippen LogP contribution in [0.3, 0.4) is 0 Å². The molecule has 0 heterocycles. The van der Waals surface area contributed by atoms with E-state index in [1.807, 2.05) is 0 Å². The number of esters is 2. The molecular formula is C32H64ClIKNaO3. The molecule has 0 aliphatic rings. The van der Waals surface area contributed by atoms with Gasteiger partial charge in [0.15, 0.2) is 0 Å². The van der Waals surface area contributed by atoms with Crippen LogP contribution in [0.25, 0.3) is 0 Å². The average Bonchev–Trinajstić information content (AvgIpc) is 2.87. The molecule has 0 aromatic carbocycles. The van der Waals surface area contributed by atoms with Gasteiger partial charge in [0.25, 0.3) is 0 Å². The van der Waals surface area contributed by atoms with Gasteiger partial charge in [0.05, 0.1) is 0 Å². The zero-order chi connectivity index (χ0) is 26.5. The number of halogens is 2. The second-order valence-electron chi connectivity index (χ2n) is 10.9. The Bertz CT molecular complexity index is 500. The molecule has 39 heavy (non-hydrogen) atoms. The van der Waals surface area contributed by atoms with Crippen molar-refractivity contribution in [3.63, 3.8) is 0 Å². The van der Waals surface area contributed by atoms with Crippen LogP contribution in [0.4, 0.5) is 0 Å². The molecule has 0 saturated heterocycles. The van der Waals surface area contributed by atoms with Crippen molar-refractivity contribution in [3.8, 4) is 0 Å². The third-order valence-corrected chi connectivity index (χ3v) is 8.40. The van der Waals surface area contributed by atoms with E-state index < -0.39 is 0 Å². The maximum absolute atomic E-state index is 12.2. The first-order chi connectivity index (χ1) is 17.6. The Morgan fingerprint density at radius 2 is 0.821 bits per heavy atom. The third kappa shape index (κ3) is 38.8. The molecule has 1 unspecified atom stereocenters. The molecule has 226 valence electrons. The van der Waals surface area contributed by atoms with Crippen LogP contribution in [0.1, 0.15) is 187 Å². The van der Waals surface area contributed by atoms with Crippen LogP contribution in [0, 0.1) is 0 Å². The van der Waals surface area contributed by atoms with E-state index in [4.69, 9.17) is 4.74 Å².